The second kappa shape index (κ2) is 10.7. The lowest BCUT2D eigenvalue weighted by Gasteiger charge is -2.16. The van der Waals surface area contributed by atoms with E-state index in [1.165, 1.54) is 6.92 Å². The van der Waals surface area contributed by atoms with E-state index in [1.807, 2.05) is 44.2 Å². The Hall–Kier alpha value is -3.19. The summed E-state index contributed by atoms with van der Waals surface area (Å²) in [7, 11) is 0. The number of aryl methyl sites for hydroxylation is 1. The third-order valence-corrected chi connectivity index (χ3v) is 5.32. The molecule has 3 rings (SSSR count). The highest BCUT2D eigenvalue weighted by Gasteiger charge is 2.16. The Bertz CT molecular complexity index is 948. The molecule has 1 aliphatic heterocycles. The van der Waals surface area contributed by atoms with Crippen molar-refractivity contribution >= 4 is 23.5 Å². The topological polar surface area (TPSA) is 91.8 Å². The average Bonchev–Trinajstić information content (AvgIpc) is 3.27. The van der Waals surface area contributed by atoms with Crippen LogP contribution in [-0.4, -0.2) is 37.0 Å². The summed E-state index contributed by atoms with van der Waals surface area (Å²) in [5, 5.41) is 8.91. The number of rotatable bonds is 6. The van der Waals surface area contributed by atoms with Gasteiger partial charge in [0.2, 0.25) is 11.9 Å². The fourth-order valence-electron chi connectivity index (χ4n) is 3.29. The Morgan fingerprint density at radius 3 is 2.58 bits per heavy atom. The summed E-state index contributed by atoms with van der Waals surface area (Å²) < 4.78 is 5.66. The fraction of sp³-hybridized carbons (Fsp3) is 0.375. The molecule has 0 radical (unpaired) electrons. The molecule has 7 nitrogen and oxygen atoms in total. The molecule has 0 unspecified atom stereocenters. The Morgan fingerprint density at radius 1 is 1.13 bits per heavy atom. The van der Waals surface area contributed by atoms with Crippen molar-refractivity contribution in [1.29, 1.82) is 0 Å². The molecular formula is C24H30N4O3. The molecule has 1 saturated heterocycles. The number of benzene rings is 2. The van der Waals surface area contributed by atoms with Gasteiger partial charge in [0.05, 0.1) is 12.6 Å². The van der Waals surface area contributed by atoms with Gasteiger partial charge in [-0.25, -0.2) is 4.99 Å². The van der Waals surface area contributed by atoms with Crippen molar-refractivity contribution in [3.8, 4) is 0 Å². The maximum atomic E-state index is 12.8. The summed E-state index contributed by atoms with van der Waals surface area (Å²) in [6.07, 6.45) is 2.10. The average molecular weight is 423 g/mol. The highest BCUT2D eigenvalue weighted by molar-refractivity contribution is 6.10. The zero-order valence-corrected chi connectivity index (χ0v) is 18.3. The first-order valence-electron chi connectivity index (χ1n) is 10.6. The van der Waals surface area contributed by atoms with Crippen LogP contribution in [0.4, 0.5) is 5.69 Å². The van der Waals surface area contributed by atoms with E-state index < -0.39 is 0 Å². The molecule has 1 heterocycles. The monoisotopic (exact) mass is 422 g/mol. The summed E-state index contributed by atoms with van der Waals surface area (Å²) in [5.74, 6) is 0.0536. The largest absolute Gasteiger partial charge is 0.376 e. The van der Waals surface area contributed by atoms with E-state index in [-0.39, 0.29) is 17.9 Å². The van der Waals surface area contributed by atoms with Gasteiger partial charge in [0, 0.05) is 31.3 Å². The minimum Gasteiger partial charge on any atom is -0.376 e. The van der Waals surface area contributed by atoms with E-state index in [1.54, 1.807) is 12.1 Å². The summed E-state index contributed by atoms with van der Waals surface area (Å²) in [5.41, 5.74) is 4.59. The van der Waals surface area contributed by atoms with Crippen molar-refractivity contribution < 1.29 is 14.3 Å². The SMILES string of the molecule is CC(=O)NCc1ccc(C(=O)NC(=NC[C@@H]2CCCO2)Nc2cccc(C)c2C)cc1. The summed E-state index contributed by atoms with van der Waals surface area (Å²) in [6.45, 7) is 7.23. The second-order valence-electron chi connectivity index (χ2n) is 7.76. The maximum Gasteiger partial charge on any atom is 0.257 e. The molecule has 0 aromatic heterocycles. The Labute approximate surface area is 183 Å². The van der Waals surface area contributed by atoms with E-state index in [0.29, 0.717) is 24.6 Å². The number of aliphatic imine (C=N–C) groups is 1. The van der Waals surface area contributed by atoms with E-state index in [4.69, 9.17) is 4.74 Å². The normalized spacial score (nSPS) is 16.1. The van der Waals surface area contributed by atoms with Crippen molar-refractivity contribution in [3.63, 3.8) is 0 Å². The number of anilines is 1. The van der Waals surface area contributed by atoms with Gasteiger partial charge >= 0.3 is 0 Å². The third kappa shape index (κ3) is 6.65. The smallest absolute Gasteiger partial charge is 0.257 e. The predicted octanol–water partition coefficient (Wildman–Crippen LogP) is 3.32. The van der Waals surface area contributed by atoms with Crippen molar-refractivity contribution in [2.45, 2.75) is 46.3 Å². The van der Waals surface area contributed by atoms with Gasteiger partial charge in [-0.1, -0.05) is 24.3 Å². The van der Waals surface area contributed by atoms with Crippen LogP contribution in [0, 0.1) is 13.8 Å². The number of nitrogens with zero attached hydrogens (tertiary/aromatic N) is 1. The molecule has 0 aliphatic carbocycles. The number of hydrogen-bond donors (Lipinski definition) is 3. The molecule has 0 saturated carbocycles. The van der Waals surface area contributed by atoms with Gasteiger partial charge < -0.3 is 15.4 Å². The van der Waals surface area contributed by atoms with Gasteiger partial charge in [-0.2, -0.15) is 0 Å². The molecular weight excluding hydrogens is 392 g/mol. The van der Waals surface area contributed by atoms with Crippen LogP contribution in [0.3, 0.4) is 0 Å². The van der Waals surface area contributed by atoms with Crippen molar-refractivity contribution in [1.82, 2.24) is 10.6 Å². The van der Waals surface area contributed by atoms with Crippen molar-refractivity contribution in [2.75, 3.05) is 18.5 Å². The Balaban J connectivity index is 1.72. The van der Waals surface area contributed by atoms with Crippen LogP contribution < -0.4 is 16.0 Å². The maximum absolute atomic E-state index is 12.8. The third-order valence-electron chi connectivity index (χ3n) is 5.32. The zero-order chi connectivity index (χ0) is 22.2. The van der Waals surface area contributed by atoms with E-state index in [2.05, 4.69) is 20.9 Å². The number of nitrogens with one attached hydrogen (secondary N) is 3. The molecule has 2 amide bonds. The first kappa shape index (κ1) is 22.5. The van der Waals surface area contributed by atoms with Gasteiger partial charge in [-0.15, -0.1) is 0 Å². The fourth-order valence-corrected chi connectivity index (χ4v) is 3.29. The Kier molecular flexibility index (Phi) is 7.78. The lowest BCUT2D eigenvalue weighted by molar-refractivity contribution is -0.119. The molecule has 2 aromatic rings. The molecule has 7 heteroatoms. The molecule has 31 heavy (non-hydrogen) atoms. The summed E-state index contributed by atoms with van der Waals surface area (Å²) >= 11 is 0. The molecule has 1 aliphatic rings. The molecule has 0 bridgehead atoms. The van der Waals surface area contributed by atoms with E-state index in [0.717, 1.165) is 41.8 Å². The molecule has 3 N–H and O–H groups in total. The van der Waals surface area contributed by atoms with Crippen LogP contribution in [0.15, 0.2) is 47.5 Å². The molecule has 164 valence electrons. The van der Waals surface area contributed by atoms with Gasteiger partial charge in [-0.05, 0) is 61.6 Å². The molecule has 0 spiro atoms. The molecule has 1 atom stereocenters. The molecule has 2 aromatic carbocycles. The van der Waals surface area contributed by atoms with Crippen LogP contribution in [0.5, 0.6) is 0 Å². The summed E-state index contributed by atoms with van der Waals surface area (Å²) in [6, 6.07) is 13.1. The van der Waals surface area contributed by atoms with Crippen LogP contribution in [0.25, 0.3) is 0 Å². The van der Waals surface area contributed by atoms with Crippen LogP contribution in [-0.2, 0) is 16.1 Å². The highest BCUT2D eigenvalue weighted by Crippen LogP contribution is 2.18. The first-order chi connectivity index (χ1) is 14.9. The predicted molar refractivity (Wildman–Crippen MR) is 122 cm³/mol. The van der Waals surface area contributed by atoms with E-state index in [9.17, 15) is 9.59 Å². The Morgan fingerprint density at radius 2 is 1.90 bits per heavy atom. The quantitative estimate of drug-likeness (QED) is 0.492. The lowest BCUT2D eigenvalue weighted by atomic mass is 10.1. The number of hydrogen-bond acceptors (Lipinski definition) is 4. The minimum atomic E-state index is -0.255. The molecule has 1 fully saturated rings. The van der Waals surface area contributed by atoms with Gasteiger partial charge in [0.25, 0.3) is 5.91 Å². The number of amides is 2. The number of ether oxygens (including phenoxy) is 1. The second-order valence-corrected chi connectivity index (χ2v) is 7.76. The minimum absolute atomic E-state index is 0.0837. The highest BCUT2D eigenvalue weighted by atomic mass is 16.5. The lowest BCUT2D eigenvalue weighted by Crippen LogP contribution is -2.37. The number of carbonyl (C=O) groups is 2. The van der Waals surface area contributed by atoms with Crippen molar-refractivity contribution in [2.24, 2.45) is 4.99 Å². The number of carbonyl (C=O) groups excluding carboxylic acids is 2. The summed E-state index contributed by atoms with van der Waals surface area (Å²) in [4.78, 5) is 28.5. The van der Waals surface area contributed by atoms with Gasteiger partial charge in [0.1, 0.15) is 0 Å². The van der Waals surface area contributed by atoms with Crippen LogP contribution in [0.1, 0.15) is 46.8 Å². The van der Waals surface area contributed by atoms with Crippen LogP contribution in [0.2, 0.25) is 0 Å². The van der Waals surface area contributed by atoms with Crippen LogP contribution >= 0.6 is 0 Å². The zero-order valence-electron chi connectivity index (χ0n) is 18.3. The number of guanidine groups is 1. The van der Waals surface area contributed by atoms with Crippen molar-refractivity contribution in [3.05, 3.63) is 64.7 Å². The first-order valence-corrected chi connectivity index (χ1v) is 10.6. The van der Waals surface area contributed by atoms with E-state index >= 15 is 0 Å². The standard InChI is InChI=1S/C24H30N4O3/c1-16-6-4-8-22(17(16)2)27-24(26-15-21-7-5-13-31-21)28-23(30)20-11-9-19(10-12-20)14-25-18(3)29/h4,6,8-12,21H,5,7,13-15H2,1-3H3,(H,25,29)(H2,26,27,28,30)/t21-/m0/s1. The van der Waals surface area contributed by atoms with Gasteiger partial charge in [-0.3, -0.25) is 14.9 Å². The van der Waals surface area contributed by atoms with Gasteiger partial charge in [0.15, 0.2) is 0 Å².